The van der Waals surface area contributed by atoms with Gasteiger partial charge in [0.2, 0.25) is 5.82 Å². The topological polar surface area (TPSA) is 126 Å². The minimum absolute atomic E-state index is 0. The summed E-state index contributed by atoms with van der Waals surface area (Å²) in [5.41, 5.74) is 2.59. The van der Waals surface area contributed by atoms with Crippen LogP contribution in [0.3, 0.4) is 0 Å². The molecule has 0 bridgehead atoms. The molecule has 5 rings (SSSR count). The molecule has 2 aromatic heterocycles. The average Bonchev–Trinajstić information content (AvgIpc) is 3.26. The zero-order valence-corrected chi connectivity index (χ0v) is 17.4. The van der Waals surface area contributed by atoms with Gasteiger partial charge in [-0.05, 0) is 23.8 Å². The number of hydrogen-bond acceptors (Lipinski definition) is 7. The van der Waals surface area contributed by atoms with Gasteiger partial charge in [-0.3, -0.25) is 24.7 Å². The Morgan fingerprint density at radius 2 is 1.91 bits per heavy atom. The lowest BCUT2D eigenvalue weighted by Crippen LogP contribution is -2.49. The molecule has 10 nitrogen and oxygen atoms in total. The van der Waals surface area contributed by atoms with Crippen LogP contribution in [-0.4, -0.2) is 56.7 Å². The summed E-state index contributed by atoms with van der Waals surface area (Å²) in [6.07, 6.45) is 3.49. The number of nitrogens with zero attached hydrogens (tertiary/aromatic N) is 5. The third kappa shape index (κ3) is 4.40. The third-order valence-electron chi connectivity index (χ3n) is 5.27. The number of benzene rings is 2. The maximum Gasteiger partial charge on any atom is 0.291 e. The van der Waals surface area contributed by atoms with Crippen molar-refractivity contribution in [2.75, 3.05) is 18.6 Å². The van der Waals surface area contributed by atoms with Gasteiger partial charge in [-0.25, -0.2) is 9.37 Å². The van der Waals surface area contributed by atoms with Crippen molar-refractivity contribution in [3.05, 3.63) is 71.8 Å². The van der Waals surface area contributed by atoms with Crippen molar-refractivity contribution in [3.8, 4) is 5.75 Å². The Balaban J connectivity index is 0.00000274. The van der Waals surface area contributed by atoms with Crippen LogP contribution in [0.15, 0.2) is 48.8 Å². The van der Waals surface area contributed by atoms with Gasteiger partial charge in [-0.15, -0.1) is 5.10 Å². The molecule has 34 heavy (non-hydrogen) atoms. The molecule has 174 valence electrons. The fourth-order valence-corrected chi connectivity index (χ4v) is 3.55. The lowest BCUT2D eigenvalue weighted by molar-refractivity contribution is -0.120. The van der Waals surface area contributed by atoms with Crippen molar-refractivity contribution in [2.45, 2.75) is 19.9 Å². The van der Waals surface area contributed by atoms with E-state index >= 15 is 0 Å². The highest BCUT2D eigenvalue weighted by molar-refractivity contribution is 6.03. The lowest BCUT2D eigenvalue weighted by Gasteiger charge is -2.20. The molecule has 11 heteroatoms. The van der Waals surface area contributed by atoms with Gasteiger partial charge in [0.05, 0.1) is 16.7 Å². The molecule has 0 unspecified atom stereocenters. The first-order valence-corrected chi connectivity index (χ1v) is 10.1. The predicted molar refractivity (Wildman–Crippen MR) is 122 cm³/mol. The number of aromatic nitrogens is 5. The first-order chi connectivity index (χ1) is 16.0. The molecule has 2 N–H and O–H groups in total. The molecule has 0 spiro atoms. The normalized spacial score (nSPS) is 15.2. The average molecular weight is 463 g/mol. The second-order valence-electron chi connectivity index (χ2n) is 7.51. The largest absolute Gasteiger partial charge is 0.489 e. The van der Waals surface area contributed by atoms with E-state index in [2.05, 4.69) is 30.5 Å². The molecule has 0 fully saturated rings. The van der Waals surface area contributed by atoms with Gasteiger partial charge < -0.3 is 15.0 Å². The zero-order chi connectivity index (χ0) is 22.9. The van der Waals surface area contributed by atoms with E-state index < -0.39 is 11.9 Å². The molecule has 3 heterocycles. The van der Waals surface area contributed by atoms with Crippen LogP contribution in [0.4, 0.5) is 10.1 Å². The summed E-state index contributed by atoms with van der Waals surface area (Å²) in [5, 5.41) is 9.27. The quantitative estimate of drug-likeness (QED) is 0.475. The first kappa shape index (κ1) is 22.8. The summed E-state index contributed by atoms with van der Waals surface area (Å²) in [5.74, 6) is -0.511. The number of carbonyl (C=O) groups is 2. The number of carbonyl (C=O) groups excluding carboxylic acids is 2. The standard InChI is InChI=1S/C22H18FN7O3.CH4/c1-30-17-9-14-15(25-7-6-24-14)10-18(17)33-11-16(22(30)32)26-21(31)20-27-19(28-29-20)8-12-2-4-13(23)5-3-12;/h2-7,9-10,16H,8,11H2,1H3,(H,26,31)(H,27,28,29);1H4/t16-;/m0./s1. The fraction of sp³-hybridized carbons (Fsp3) is 0.217. The van der Waals surface area contributed by atoms with Crippen molar-refractivity contribution in [1.29, 1.82) is 0 Å². The minimum Gasteiger partial charge on any atom is -0.489 e. The highest BCUT2D eigenvalue weighted by Gasteiger charge is 2.32. The molecule has 4 aromatic rings. The van der Waals surface area contributed by atoms with Gasteiger partial charge >= 0.3 is 0 Å². The lowest BCUT2D eigenvalue weighted by atomic mass is 10.1. The van der Waals surface area contributed by atoms with Crippen molar-refractivity contribution in [1.82, 2.24) is 30.5 Å². The predicted octanol–water partition coefficient (Wildman–Crippen LogP) is 2.27. The van der Waals surface area contributed by atoms with Crippen LogP contribution in [0, 0.1) is 5.82 Å². The second-order valence-corrected chi connectivity index (χ2v) is 7.51. The smallest absolute Gasteiger partial charge is 0.291 e. The van der Waals surface area contributed by atoms with Crippen LogP contribution in [0.1, 0.15) is 29.4 Å². The number of nitrogens with one attached hydrogen (secondary N) is 2. The Hall–Kier alpha value is -4.41. The number of hydrogen-bond donors (Lipinski definition) is 2. The van der Waals surface area contributed by atoms with Crippen LogP contribution in [-0.2, 0) is 11.2 Å². The molecule has 1 atom stereocenters. The van der Waals surface area contributed by atoms with Gasteiger partial charge in [0.25, 0.3) is 11.8 Å². The Morgan fingerprint density at radius 3 is 2.65 bits per heavy atom. The third-order valence-corrected chi connectivity index (χ3v) is 5.27. The van der Waals surface area contributed by atoms with Crippen molar-refractivity contribution >= 4 is 28.5 Å². The molecular formula is C23H22FN7O3. The van der Waals surface area contributed by atoms with E-state index in [1.165, 1.54) is 17.0 Å². The summed E-state index contributed by atoms with van der Waals surface area (Å²) >= 11 is 0. The van der Waals surface area contributed by atoms with Gasteiger partial charge in [0.1, 0.15) is 30.0 Å². The Labute approximate surface area is 194 Å². The van der Waals surface area contributed by atoms with Crippen LogP contribution >= 0.6 is 0 Å². The molecule has 0 saturated heterocycles. The molecule has 0 aliphatic carbocycles. The van der Waals surface area contributed by atoms with Crippen LogP contribution in [0.5, 0.6) is 5.75 Å². The van der Waals surface area contributed by atoms with Crippen LogP contribution < -0.4 is 15.0 Å². The Kier molecular flexibility index (Phi) is 6.17. The van der Waals surface area contributed by atoms with E-state index in [1.54, 1.807) is 43.7 Å². The van der Waals surface area contributed by atoms with E-state index in [4.69, 9.17) is 4.74 Å². The molecular weight excluding hydrogens is 441 g/mol. The summed E-state index contributed by atoms with van der Waals surface area (Å²) < 4.78 is 18.9. The van der Waals surface area contributed by atoms with E-state index in [1.807, 2.05) is 0 Å². The summed E-state index contributed by atoms with van der Waals surface area (Å²) in [7, 11) is 1.60. The van der Waals surface area contributed by atoms with Crippen LogP contribution in [0.2, 0.25) is 0 Å². The van der Waals surface area contributed by atoms with E-state index in [9.17, 15) is 14.0 Å². The number of halogens is 1. The number of rotatable bonds is 4. The second kappa shape index (κ2) is 9.22. The SMILES string of the molecule is C.CN1C(=O)[C@@H](NC(=O)c2n[nH]c(Cc3ccc(F)cc3)n2)COc2cc3nccnc3cc21. The number of amides is 2. The zero-order valence-electron chi connectivity index (χ0n) is 17.4. The Morgan fingerprint density at radius 1 is 1.21 bits per heavy atom. The number of aromatic amines is 1. The number of anilines is 1. The van der Waals surface area contributed by atoms with E-state index in [0.717, 1.165) is 5.56 Å². The van der Waals surface area contributed by atoms with Gasteiger partial charge in [0, 0.05) is 31.9 Å². The fourth-order valence-electron chi connectivity index (χ4n) is 3.55. The van der Waals surface area contributed by atoms with Crippen molar-refractivity contribution < 1.29 is 18.7 Å². The molecule has 2 amide bonds. The molecule has 2 aromatic carbocycles. The molecule has 0 saturated carbocycles. The number of likely N-dealkylation sites (N-methyl/N-ethyl adjacent to an activating group) is 1. The minimum atomic E-state index is -0.946. The monoisotopic (exact) mass is 463 g/mol. The van der Waals surface area contributed by atoms with Crippen molar-refractivity contribution in [2.24, 2.45) is 0 Å². The first-order valence-electron chi connectivity index (χ1n) is 10.1. The summed E-state index contributed by atoms with van der Waals surface area (Å²) in [6.45, 7) is -0.0689. The number of fused-ring (bicyclic) bond motifs is 2. The van der Waals surface area contributed by atoms with Crippen molar-refractivity contribution in [3.63, 3.8) is 0 Å². The van der Waals surface area contributed by atoms with Crippen LogP contribution in [0.25, 0.3) is 11.0 Å². The van der Waals surface area contributed by atoms with E-state index in [-0.39, 0.29) is 31.6 Å². The molecule has 1 aliphatic rings. The Bertz CT molecular complexity index is 1360. The summed E-state index contributed by atoms with van der Waals surface area (Å²) in [6, 6.07) is 8.43. The summed E-state index contributed by atoms with van der Waals surface area (Å²) in [4.78, 5) is 39.8. The molecule has 1 aliphatic heterocycles. The maximum absolute atomic E-state index is 13.1. The highest BCUT2D eigenvalue weighted by atomic mass is 19.1. The van der Waals surface area contributed by atoms with Gasteiger partial charge in [0.15, 0.2) is 0 Å². The highest BCUT2D eigenvalue weighted by Crippen LogP contribution is 2.33. The number of H-pyrrole nitrogens is 1. The molecule has 0 radical (unpaired) electrons. The van der Waals surface area contributed by atoms with Gasteiger partial charge in [-0.2, -0.15) is 0 Å². The number of ether oxygens (including phenoxy) is 1. The van der Waals surface area contributed by atoms with Gasteiger partial charge in [-0.1, -0.05) is 19.6 Å². The van der Waals surface area contributed by atoms with E-state index in [0.29, 0.717) is 34.7 Å². The maximum atomic E-state index is 13.1.